The molecule has 0 unspecified atom stereocenters. The van der Waals surface area contributed by atoms with Gasteiger partial charge < -0.3 is 14.8 Å². The number of aromatic nitrogens is 2. The van der Waals surface area contributed by atoms with Gasteiger partial charge in [0.25, 0.3) is 11.8 Å². The van der Waals surface area contributed by atoms with Crippen LogP contribution in [0.5, 0.6) is 0 Å². The number of amides is 2. The zero-order valence-corrected chi connectivity index (χ0v) is 14.8. The number of carbonyl (C=O) groups is 2. The summed E-state index contributed by atoms with van der Waals surface area (Å²) in [5.74, 6) is 0.228. The molecule has 0 bridgehead atoms. The number of rotatable bonds is 3. The molecule has 24 heavy (non-hydrogen) atoms. The van der Waals surface area contributed by atoms with Crippen LogP contribution in [0.25, 0.3) is 0 Å². The van der Waals surface area contributed by atoms with Gasteiger partial charge in [0.2, 0.25) is 0 Å². The van der Waals surface area contributed by atoms with Crippen LogP contribution in [0.2, 0.25) is 0 Å². The van der Waals surface area contributed by atoms with E-state index in [0.29, 0.717) is 11.5 Å². The summed E-state index contributed by atoms with van der Waals surface area (Å²) in [7, 11) is 0. The Bertz CT molecular complexity index is 613. The highest BCUT2D eigenvalue weighted by molar-refractivity contribution is 5.97. The van der Waals surface area contributed by atoms with Gasteiger partial charge in [0.05, 0.1) is 5.69 Å². The van der Waals surface area contributed by atoms with E-state index in [-0.39, 0.29) is 17.9 Å². The molecule has 1 aromatic rings. The summed E-state index contributed by atoms with van der Waals surface area (Å²) in [6, 6.07) is 0.0544. The van der Waals surface area contributed by atoms with Crippen molar-refractivity contribution >= 4 is 11.8 Å². The molecule has 0 radical (unpaired) electrons. The number of nitrogens with zero attached hydrogens (tertiary/aromatic N) is 3. The van der Waals surface area contributed by atoms with Gasteiger partial charge in [-0.1, -0.05) is 12.8 Å². The van der Waals surface area contributed by atoms with Crippen LogP contribution >= 0.6 is 0 Å². The number of imidazole rings is 1. The second-order valence-electron chi connectivity index (χ2n) is 7.17. The average molecular weight is 332 g/mol. The van der Waals surface area contributed by atoms with Gasteiger partial charge >= 0.3 is 0 Å². The quantitative estimate of drug-likeness (QED) is 0.924. The number of hydrogen-bond donors (Lipinski definition) is 1. The Kier molecular flexibility index (Phi) is 5.21. The van der Waals surface area contributed by atoms with E-state index in [2.05, 4.69) is 10.3 Å². The zero-order chi connectivity index (χ0) is 17.1. The summed E-state index contributed by atoms with van der Waals surface area (Å²) in [4.78, 5) is 31.9. The first-order chi connectivity index (χ1) is 11.6. The normalized spacial score (nSPS) is 18.2. The molecule has 6 nitrogen and oxygen atoms in total. The minimum absolute atomic E-state index is 0.00569. The van der Waals surface area contributed by atoms with Crippen molar-refractivity contribution in [3.8, 4) is 0 Å². The molecular weight excluding hydrogens is 304 g/mol. The smallest absolute Gasteiger partial charge is 0.287 e. The monoisotopic (exact) mass is 332 g/mol. The maximum Gasteiger partial charge on any atom is 0.287 e. The first-order valence-electron chi connectivity index (χ1n) is 9.27. The minimum Gasteiger partial charge on any atom is -0.347 e. The van der Waals surface area contributed by atoms with E-state index < -0.39 is 0 Å². The standard InChI is InChI=1S/C18H28N4O2/c1-13(2)19-17(23)16-20-15(14-9-5-8-12-22(14)16)18(24)21-10-6-3-4-7-11-21/h13H,3-12H2,1-2H3,(H,19,23). The van der Waals surface area contributed by atoms with Crippen LogP contribution in [-0.2, 0) is 13.0 Å². The summed E-state index contributed by atoms with van der Waals surface area (Å²) < 4.78 is 1.96. The van der Waals surface area contributed by atoms with Gasteiger partial charge in [-0.2, -0.15) is 0 Å². The fourth-order valence-electron chi connectivity index (χ4n) is 3.64. The Hall–Kier alpha value is -1.85. The molecule has 2 aliphatic rings. The maximum atomic E-state index is 13.0. The summed E-state index contributed by atoms with van der Waals surface area (Å²) in [5.41, 5.74) is 1.45. The average Bonchev–Trinajstić information content (AvgIpc) is 2.74. The number of nitrogens with one attached hydrogen (secondary N) is 1. The molecule has 6 heteroatoms. The van der Waals surface area contributed by atoms with Crippen molar-refractivity contribution in [2.75, 3.05) is 13.1 Å². The van der Waals surface area contributed by atoms with Gasteiger partial charge in [0.15, 0.2) is 5.82 Å². The Balaban J connectivity index is 1.91. The largest absolute Gasteiger partial charge is 0.347 e. The molecule has 2 amide bonds. The van der Waals surface area contributed by atoms with Crippen molar-refractivity contribution in [3.05, 3.63) is 17.2 Å². The summed E-state index contributed by atoms with van der Waals surface area (Å²) in [5, 5.41) is 2.90. The van der Waals surface area contributed by atoms with Crippen molar-refractivity contribution in [3.63, 3.8) is 0 Å². The zero-order valence-electron chi connectivity index (χ0n) is 14.8. The van der Waals surface area contributed by atoms with Crippen molar-refractivity contribution in [2.24, 2.45) is 0 Å². The molecule has 0 spiro atoms. The van der Waals surface area contributed by atoms with Gasteiger partial charge in [-0.05, 0) is 46.0 Å². The molecule has 3 rings (SSSR count). The first kappa shape index (κ1) is 17.0. The van der Waals surface area contributed by atoms with Gasteiger partial charge in [0.1, 0.15) is 5.69 Å². The van der Waals surface area contributed by atoms with Crippen LogP contribution in [0.3, 0.4) is 0 Å². The van der Waals surface area contributed by atoms with Crippen LogP contribution in [0.1, 0.15) is 79.2 Å². The molecule has 1 aromatic heterocycles. The molecule has 1 fully saturated rings. The molecule has 2 aliphatic heterocycles. The fourth-order valence-corrected chi connectivity index (χ4v) is 3.64. The molecule has 0 aliphatic carbocycles. The van der Waals surface area contributed by atoms with Crippen molar-refractivity contribution in [1.82, 2.24) is 19.8 Å². The number of hydrogen-bond acceptors (Lipinski definition) is 3. The van der Waals surface area contributed by atoms with E-state index >= 15 is 0 Å². The molecule has 1 N–H and O–H groups in total. The molecular formula is C18H28N4O2. The lowest BCUT2D eigenvalue weighted by Gasteiger charge is -2.21. The molecule has 132 valence electrons. The van der Waals surface area contributed by atoms with Crippen LogP contribution < -0.4 is 5.32 Å². The molecule has 3 heterocycles. The fraction of sp³-hybridized carbons (Fsp3) is 0.722. The van der Waals surface area contributed by atoms with Crippen LogP contribution in [-0.4, -0.2) is 45.4 Å². The molecule has 1 saturated heterocycles. The third-order valence-electron chi connectivity index (χ3n) is 4.84. The summed E-state index contributed by atoms with van der Waals surface area (Å²) in [6.45, 7) is 6.25. The van der Waals surface area contributed by atoms with Gasteiger partial charge in [-0.15, -0.1) is 0 Å². The predicted molar refractivity (Wildman–Crippen MR) is 92.1 cm³/mol. The Labute approximate surface area is 143 Å². The van der Waals surface area contributed by atoms with E-state index in [0.717, 1.165) is 57.4 Å². The lowest BCUT2D eigenvalue weighted by atomic mass is 10.1. The lowest BCUT2D eigenvalue weighted by Crippen LogP contribution is -2.33. The van der Waals surface area contributed by atoms with E-state index in [4.69, 9.17) is 0 Å². The topological polar surface area (TPSA) is 67.2 Å². The predicted octanol–water partition coefficient (Wildman–Crippen LogP) is 2.37. The van der Waals surface area contributed by atoms with E-state index in [9.17, 15) is 9.59 Å². The van der Waals surface area contributed by atoms with E-state index in [1.165, 1.54) is 12.8 Å². The highest BCUT2D eigenvalue weighted by Crippen LogP contribution is 2.23. The number of likely N-dealkylation sites (tertiary alicyclic amines) is 1. The molecule has 0 atom stereocenters. The van der Waals surface area contributed by atoms with Crippen LogP contribution in [0.15, 0.2) is 0 Å². The Morgan fingerprint density at radius 1 is 1.00 bits per heavy atom. The number of fused-ring (bicyclic) bond motifs is 1. The summed E-state index contributed by atoms with van der Waals surface area (Å²) in [6.07, 6.45) is 7.40. The lowest BCUT2D eigenvalue weighted by molar-refractivity contribution is 0.0754. The highest BCUT2D eigenvalue weighted by atomic mass is 16.2. The van der Waals surface area contributed by atoms with E-state index in [1.807, 2.05) is 23.3 Å². The van der Waals surface area contributed by atoms with Crippen LogP contribution in [0, 0.1) is 0 Å². The minimum atomic E-state index is -0.178. The van der Waals surface area contributed by atoms with E-state index in [1.54, 1.807) is 0 Å². The second-order valence-corrected chi connectivity index (χ2v) is 7.17. The van der Waals surface area contributed by atoms with Crippen molar-refractivity contribution < 1.29 is 9.59 Å². The van der Waals surface area contributed by atoms with Gasteiger partial charge in [0, 0.05) is 25.7 Å². The summed E-state index contributed by atoms with van der Waals surface area (Å²) >= 11 is 0. The van der Waals surface area contributed by atoms with Gasteiger partial charge in [-0.3, -0.25) is 9.59 Å². The van der Waals surface area contributed by atoms with Crippen LogP contribution in [0.4, 0.5) is 0 Å². The third-order valence-corrected chi connectivity index (χ3v) is 4.84. The first-order valence-corrected chi connectivity index (χ1v) is 9.27. The third kappa shape index (κ3) is 3.47. The Morgan fingerprint density at radius 3 is 2.33 bits per heavy atom. The number of carbonyl (C=O) groups excluding carboxylic acids is 2. The Morgan fingerprint density at radius 2 is 1.67 bits per heavy atom. The van der Waals surface area contributed by atoms with Crippen molar-refractivity contribution in [1.29, 1.82) is 0 Å². The molecule has 0 saturated carbocycles. The second kappa shape index (κ2) is 7.36. The van der Waals surface area contributed by atoms with Gasteiger partial charge in [-0.25, -0.2) is 4.98 Å². The SMILES string of the molecule is CC(C)NC(=O)c1nc(C(=O)N2CCCCCC2)c2n1CCCC2. The van der Waals surface area contributed by atoms with Crippen molar-refractivity contribution in [2.45, 2.75) is 71.4 Å². The molecule has 0 aromatic carbocycles. The highest BCUT2D eigenvalue weighted by Gasteiger charge is 2.30. The maximum absolute atomic E-state index is 13.0.